The van der Waals surface area contributed by atoms with Gasteiger partial charge in [0.25, 0.3) is 5.91 Å². The van der Waals surface area contributed by atoms with Gasteiger partial charge in [0.1, 0.15) is 11.6 Å². The van der Waals surface area contributed by atoms with Crippen LogP contribution in [0, 0.1) is 5.82 Å². The first-order chi connectivity index (χ1) is 12.1. The largest absolute Gasteiger partial charge is 0.497 e. The summed E-state index contributed by atoms with van der Waals surface area (Å²) in [4.78, 5) is 17.2. The SMILES string of the molecule is COc1ccc2cc3c(N)nn(C(=O)c4ccccc4F)c3nc2c1. The maximum Gasteiger partial charge on any atom is 0.283 e. The predicted molar refractivity (Wildman–Crippen MR) is 92.1 cm³/mol. The molecule has 0 radical (unpaired) electrons. The van der Waals surface area contributed by atoms with Gasteiger partial charge in [-0.15, -0.1) is 5.10 Å². The Bertz CT molecular complexity index is 1140. The summed E-state index contributed by atoms with van der Waals surface area (Å²) in [5, 5.41) is 5.42. The number of nitrogens with two attached hydrogens (primary N) is 1. The highest BCUT2D eigenvalue weighted by Crippen LogP contribution is 2.27. The van der Waals surface area contributed by atoms with Gasteiger partial charge in [0.15, 0.2) is 11.5 Å². The van der Waals surface area contributed by atoms with E-state index in [0.29, 0.717) is 16.7 Å². The van der Waals surface area contributed by atoms with Crippen molar-refractivity contribution in [3.8, 4) is 5.75 Å². The Morgan fingerprint density at radius 3 is 2.76 bits per heavy atom. The second-order valence-corrected chi connectivity index (χ2v) is 5.50. The fourth-order valence-corrected chi connectivity index (χ4v) is 2.71. The summed E-state index contributed by atoms with van der Waals surface area (Å²) in [6, 6.07) is 12.9. The fraction of sp³-hybridized carbons (Fsp3) is 0.0556. The highest BCUT2D eigenvalue weighted by Gasteiger charge is 2.20. The third-order valence-electron chi connectivity index (χ3n) is 3.99. The van der Waals surface area contributed by atoms with Crippen molar-refractivity contribution in [2.24, 2.45) is 0 Å². The van der Waals surface area contributed by atoms with Crippen LogP contribution in [0.3, 0.4) is 0 Å². The van der Waals surface area contributed by atoms with Gasteiger partial charge in [0.05, 0.1) is 23.6 Å². The lowest BCUT2D eigenvalue weighted by molar-refractivity contribution is 0.0946. The van der Waals surface area contributed by atoms with Crippen molar-refractivity contribution in [2.75, 3.05) is 12.8 Å². The van der Waals surface area contributed by atoms with Gasteiger partial charge < -0.3 is 10.5 Å². The molecule has 7 heteroatoms. The number of anilines is 1. The molecule has 0 amide bonds. The lowest BCUT2D eigenvalue weighted by Gasteiger charge is -2.05. The minimum atomic E-state index is -0.630. The number of carbonyl (C=O) groups excluding carboxylic acids is 1. The Balaban J connectivity index is 1.96. The number of hydrogen-bond donors (Lipinski definition) is 1. The molecular weight excluding hydrogens is 323 g/mol. The predicted octanol–water partition coefficient (Wildman–Crippen LogP) is 3.00. The summed E-state index contributed by atoms with van der Waals surface area (Å²) in [7, 11) is 1.56. The molecule has 0 unspecified atom stereocenters. The van der Waals surface area contributed by atoms with Gasteiger partial charge in [-0.1, -0.05) is 12.1 Å². The molecule has 0 saturated carbocycles. The smallest absolute Gasteiger partial charge is 0.283 e. The minimum absolute atomic E-state index is 0.0977. The quantitative estimate of drug-likeness (QED) is 0.608. The van der Waals surface area contributed by atoms with Crippen molar-refractivity contribution in [1.82, 2.24) is 14.8 Å². The molecule has 0 aliphatic rings. The van der Waals surface area contributed by atoms with Gasteiger partial charge in [-0.2, -0.15) is 4.68 Å². The van der Waals surface area contributed by atoms with Gasteiger partial charge in [0, 0.05) is 11.5 Å². The summed E-state index contributed by atoms with van der Waals surface area (Å²) >= 11 is 0. The number of aromatic nitrogens is 3. The number of benzene rings is 2. The van der Waals surface area contributed by atoms with Gasteiger partial charge in [0.2, 0.25) is 0 Å². The summed E-state index contributed by atoms with van der Waals surface area (Å²) in [5.41, 5.74) is 6.73. The summed E-state index contributed by atoms with van der Waals surface area (Å²) in [6.45, 7) is 0. The normalized spacial score (nSPS) is 11.1. The van der Waals surface area contributed by atoms with Crippen LogP contribution in [0.1, 0.15) is 10.4 Å². The molecule has 2 N–H and O–H groups in total. The molecular formula is C18H13FN4O2. The third-order valence-corrected chi connectivity index (χ3v) is 3.99. The molecule has 2 heterocycles. The van der Waals surface area contributed by atoms with E-state index in [-0.39, 0.29) is 17.0 Å². The number of pyridine rings is 1. The van der Waals surface area contributed by atoms with Crippen molar-refractivity contribution < 1.29 is 13.9 Å². The molecule has 6 nitrogen and oxygen atoms in total. The minimum Gasteiger partial charge on any atom is -0.497 e. The Hall–Kier alpha value is -3.48. The second kappa shape index (κ2) is 5.55. The number of rotatable bonds is 2. The number of carbonyl (C=O) groups is 1. The van der Waals surface area contributed by atoms with Crippen LogP contribution in [0.25, 0.3) is 21.9 Å². The Morgan fingerprint density at radius 1 is 1.20 bits per heavy atom. The van der Waals surface area contributed by atoms with E-state index >= 15 is 0 Å². The lowest BCUT2D eigenvalue weighted by atomic mass is 10.1. The van der Waals surface area contributed by atoms with Crippen LogP contribution >= 0.6 is 0 Å². The van der Waals surface area contributed by atoms with E-state index in [9.17, 15) is 9.18 Å². The molecule has 0 aliphatic carbocycles. The second-order valence-electron chi connectivity index (χ2n) is 5.50. The first-order valence-corrected chi connectivity index (χ1v) is 7.50. The summed E-state index contributed by atoms with van der Waals surface area (Å²) in [6.07, 6.45) is 0. The van der Waals surface area contributed by atoms with Crippen molar-refractivity contribution >= 4 is 33.7 Å². The van der Waals surface area contributed by atoms with Gasteiger partial charge in [-0.3, -0.25) is 4.79 Å². The number of nitrogens with zero attached hydrogens (tertiary/aromatic N) is 3. The summed E-state index contributed by atoms with van der Waals surface area (Å²) < 4.78 is 20.2. The number of hydrogen-bond acceptors (Lipinski definition) is 5. The average Bonchev–Trinajstić information content (AvgIpc) is 2.95. The molecule has 0 atom stereocenters. The van der Waals surface area contributed by atoms with Crippen LogP contribution in [0.4, 0.5) is 10.2 Å². The zero-order chi connectivity index (χ0) is 17.6. The number of fused-ring (bicyclic) bond motifs is 2. The number of halogens is 1. The number of nitrogen functional groups attached to an aromatic ring is 1. The van der Waals surface area contributed by atoms with E-state index in [1.54, 1.807) is 31.4 Å². The topological polar surface area (TPSA) is 83.0 Å². The molecule has 4 aromatic rings. The first kappa shape index (κ1) is 15.1. The maximum absolute atomic E-state index is 14.0. The summed E-state index contributed by atoms with van der Waals surface area (Å²) in [5.74, 6) is -0.463. The molecule has 0 fully saturated rings. The molecule has 2 aromatic heterocycles. The van der Waals surface area contributed by atoms with E-state index in [4.69, 9.17) is 10.5 Å². The molecule has 25 heavy (non-hydrogen) atoms. The van der Waals surface area contributed by atoms with E-state index in [1.165, 1.54) is 18.2 Å². The van der Waals surface area contributed by atoms with Crippen LogP contribution in [0.5, 0.6) is 5.75 Å². The zero-order valence-corrected chi connectivity index (χ0v) is 13.2. The van der Waals surface area contributed by atoms with E-state index in [0.717, 1.165) is 10.1 Å². The van der Waals surface area contributed by atoms with Crippen LogP contribution < -0.4 is 10.5 Å². The number of ether oxygens (including phenoxy) is 1. The highest BCUT2D eigenvalue weighted by atomic mass is 19.1. The first-order valence-electron chi connectivity index (χ1n) is 7.50. The number of methoxy groups -OCH3 is 1. The van der Waals surface area contributed by atoms with Crippen LogP contribution in [-0.4, -0.2) is 27.8 Å². The lowest BCUT2D eigenvalue weighted by Crippen LogP contribution is -2.16. The zero-order valence-electron chi connectivity index (χ0n) is 13.2. The molecule has 0 bridgehead atoms. The monoisotopic (exact) mass is 336 g/mol. The molecule has 0 spiro atoms. The van der Waals surface area contributed by atoms with Crippen LogP contribution in [-0.2, 0) is 0 Å². The average molecular weight is 336 g/mol. The Morgan fingerprint density at radius 2 is 2.00 bits per heavy atom. The standard InChI is InChI=1S/C18H13FN4O2/c1-25-11-7-6-10-8-13-16(20)22-23(17(13)21-15(10)9-11)18(24)12-4-2-3-5-14(12)19/h2-9H,1H3,(H2,20,22). The van der Waals surface area contributed by atoms with Crippen molar-refractivity contribution in [1.29, 1.82) is 0 Å². The van der Waals surface area contributed by atoms with Crippen LogP contribution in [0.15, 0.2) is 48.5 Å². The van der Waals surface area contributed by atoms with Crippen molar-refractivity contribution in [3.05, 3.63) is 59.9 Å². The Labute approximate surface area is 141 Å². The molecule has 0 aliphatic heterocycles. The molecule has 0 saturated heterocycles. The van der Waals surface area contributed by atoms with Gasteiger partial charge in [-0.05, 0) is 30.3 Å². The molecule has 2 aromatic carbocycles. The van der Waals surface area contributed by atoms with Crippen LogP contribution in [0.2, 0.25) is 0 Å². The molecule has 124 valence electrons. The van der Waals surface area contributed by atoms with E-state index < -0.39 is 11.7 Å². The Kier molecular flexibility index (Phi) is 3.35. The van der Waals surface area contributed by atoms with Gasteiger partial charge in [-0.25, -0.2) is 9.37 Å². The fourth-order valence-electron chi connectivity index (χ4n) is 2.71. The molecule has 4 rings (SSSR count). The third kappa shape index (κ3) is 2.37. The van der Waals surface area contributed by atoms with Crippen molar-refractivity contribution in [3.63, 3.8) is 0 Å². The highest BCUT2D eigenvalue weighted by molar-refractivity contribution is 6.05. The van der Waals surface area contributed by atoms with Crippen molar-refractivity contribution in [2.45, 2.75) is 0 Å². The van der Waals surface area contributed by atoms with E-state index in [2.05, 4.69) is 10.1 Å². The maximum atomic E-state index is 14.0. The van der Waals surface area contributed by atoms with Gasteiger partial charge >= 0.3 is 0 Å². The van der Waals surface area contributed by atoms with E-state index in [1.807, 2.05) is 6.07 Å².